The fraction of sp³-hybridized carbons (Fsp3) is 0.353. The number of halogens is 1. The molecule has 1 aromatic carbocycles. The van der Waals surface area contributed by atoms with Gasteiger partial charge in [0.15, 0.2) is 0 Å². The van der Waals surface area contributed by atoms with E-state index in [4.69, 9.17) is 4.98 Å². The maximum atomic E-state index is 13.7. The molecule has 0 unspecified atom stereocenters. The highest BCUT2D eigenvalue weighted by molar-refractivity contribution is 5.25. The van der Waals surface area contributed by atoms with Crippen molar-refractivity contribution in [3.8, 4) is 0 Å². The first-order valence-corrected chi connectivity index (χ1v) is 7.23. The molecule has 1 aliphatic heterocycles. The van der Waals surface area contributed by atoms with Gasteiger partial charge in [-0.15, -0.1) is 0 Å². The van der Waals surface area contributed by atoms with Gasteiger partial charge in [0.1, 0.15) is 5.82 Å². The van der Waals surface area contributed by atoms with Crippen LogP contribution in [0.3, 0.4) is 0 Å². The third-order valence-corrected chi connectivity index (χ3v) is 3.92. The lowest BCUT2D eigenvalue weighted by molar-refractivity contribution is 0.452. The van der Waals surface area contributed by atoms with Crippen LogP contribution in [0.1, 0.15) is 35.7 Å². The van der Waals surface area contributed by atoms with Crippen molar-refractivity contribution >= 4 is 0 Å². The summed E-state index contributed by atoms with van der Waals surface area (Å²) in [5.74, 6) is 0.387. The molecule has 1 fully saturated rings. The van der Waals surface area contributed by atoms with E-state index in [1.165, 1.54) is 6.07 Å². The maximum absolute atomic E-state index is 13.7. The van der Waals surface area contributed by atoms with E-state index in [1.807, 2.05) is 24.3 Å². The standard InChI is InChI=1S/C17H19FN2/c18-16-6-2-1-4-14(16)12-15-5-3-7-17(20-15)13-8-10-19-11-9-13/h1-7,13,19H,8-12H2. The van der Waals surface area contributed by atoms with E-state index >= 15 is 0 Å². The van der Waals surface area contributed by atoms with Gasteiger partial charge >= 0.3 is 0 Å². The normalized spacial score (nSPS) is 16.2. The molecular weight excluding hydrogens is 251 g/mol. The Hall–Kier alpha value is -1.74. The summed E-state index contributed by atoms with van der Waals surface area (Å²) >= 11 is 0. The van der Waals surface area contributed by atoms with Crippen LogP contribution in [0, 0.1) is 5.82 Å². The van der Waals surface area contributed by atoms with Crippen LogP contribution < -0.4 is 5.32 Å². The fourth-order valence-electron chi connectivity index (χ4n) is 2.78. The number of rotatable bonds is 3. The van der Waals surface area contributed by atoms with E-state index in [9.17, 15) is 4.39 Å². The molecule has 1 aliphatic rings. The monoisotopic (exact) mass is 270 g/mol. The molecule has 0 bridgehead atoms. The van der Waals surface area contributed by atoms with E-state index in [0.717, 1.165) is 37.3 Å². The topological polar surface area (TPSA) is 24.9 Å². The van der Waals surface area contributed by atoms with Crippen LogP contribution in [0.2, 0.25) is 0 Å². The molecule has 0 radical (unpaired) electrons. The first kappa shape index (κ1) is 13.3. The molecular formula is C17H19FN2. The van der Waals surface area contributed by atoms with Crippen molar-refractivity contribution in [2.24, 2.45) is 0 Å². The predicted octanol–water partition coefficient (Wildman–Crippen LogP) is 3.28. The number of nitrogens with one attached hydrogen (secondary N) is 1. The second-order valence-corrected chi connectivity index (χ2v) is 5.35. The Morgan fingerprint density at radius 3 is 2.65 bits per heavy atom. The van der Waals surface area contributed by atoms with Crippen LogP contribution in [0.25, 0.3) is 0 Å². The zero-order valence-corrected chi connectivity index (χ0v) is 11.5. The average Bonchev–Trinajstić information content (AvgIpc) is 2.51. The fourth-order valence-corrected chi connectivity index (χ4v) is 2.78. The Bertz CT molecular complexity index is 577. The number of piperidine rings is 1. The van der Waals surface area contributed by atoms with Gasteiger partial charge in [0.05, 0.1) is 0 Å². The van der Waals surface area contributed by atoms with Crippen molar-refractivity contribution in [3.05, 3.63) is 65.2 Å². The van der Waals surface area contributed by atoms with Gasteiger partial charge in [-0.2, -0.15) is 0 Å². The maximum Gasteiger partial charge on any atom is 0.126 e. The third-order valence-electron chi connectivity index (χ3n) is 3.92. The van der Waals surface area contributed by atoms with E-state index in [1.54, 1.807) is 6.07 Å². The Kier molecular flexibility index (Phi) is 4.07. The molecule has 1 saturated heterocycles. The Balaban J connectivity index is 1.79. The zero-order chi connectivity index (χ0) is 13.8. The lowest BCUT2D eigenvalue weighted by Crippen LogP contribution is -2.27. The molecule has 0 atom stereocenters. The minimum atomic E-state index is -0.151. The summed E-state index contributed by atoms with van der Waals surface area (Å²) < 4.78 is 13.7. The summed E-state index contributed by atoms with van der Waals surface area (Å²) in [7, 11) is 0. The van der Waals surface area contributed by atoms with Gasteiger partial charge in [-0.25, -0.2) is 4.39 Å². The molecule has 104 valence electrons. The molecule has 2 heterocycles. The first-order valence-electron chi connectivity index (χ1n) is 7.23. The van der Waals surface area contributed by atoms with Crippen molar-refractivity contribution in [2.75, 3.05) is 13.1 Å². The molecule has 3 rings (SSSR count). The third kappa shape index (κ3) is 3.05. The molecule has 2 nitrogen and oxygen atoms in total. The zero-order valence-electron chi connectivity index (χ0n) is 11.5. The molecule has 0 amide bonds. The SMILES string of the molecule is Fc1ccccc1Cc1cccc(C2CCNCC2)n1. The van der Waals surface area contributed by atoms with Gasteiger partial charge in [-0.3, -0.25) is 4.98 Å². The second kappa shape index (κ2) is 6.14. The summed E-state index contributed by atoms with van der Waals surface area (Å²) in [6.45, 7) is 2.12. The largest absolute Gasteiger partial charge is 0.317 e. The van der Waals surface area contributed by atoms with Crippen LogP contribution >= 0.6 is 0 Å². The number of hydrogen-bond acceptors (Lipinski definition) is 2. The highest BCUT2D eigenvalue weighted by atomic mass is 19.1. The van der Waals surface area contributed by atoms with Gasteiger partial charge in [0, 0.05) is 23.7 Å². The molecule has 0 aliphatic carbocycles. The van der Waals surface area contributed by atoms with E-state index < -0.39 is 0 Å². The molecule has 1 aromatic heterocycles. The lowest BCUT2D eigenvalue weighted by Gasteiger charge is -2.22. The van der Waals surface area contributed by atoms with Crippen molar-refractivity contribution in [1.82, 2.24) is 10.3 Å². The average molecular weight is 270 g/mol. The molecule has 0 spiro atoms. The summed E-state index contributed by atoms with van der Waals surface area (Å²) in [5.41, 5.74) is 2.81. The van der Waals surface area contributed by atoms with Crippen molar-refractivity contribution < 1.29 is 4.39 Å². The Morgan fingerprint density at radius 1 is 1.05 bits per heavy atom. The van der Waals surface area contributed by atoms with Gasteiger partial charge in [0.25, 0.3) is 0 Å². The minimum absolute atomic E-state index is 0.151. The van der Waals surface area contributed by atoms with Crippen molar-refractivity contribution in [2.45, 2.75) is 25.2 Å². The van der Waals surface area contributed by atoms with E-state index in [-0.39, 0.29) is 5.82 Å². The van der Waals surface area contributed by atoms with Crippen LogP contribution in [0.5, 0.6) is 0 Å². The van der Waals surface area contributed by atoms with Gasteiger partial charge in [-0.05, 0) is 49.7 Å². The second-order valence-electron chi connectivity index (χ2n) is 5.35. The number of pyridine rings is 1. The highest BCUT2D eigenvalue weighted by Gasteiger charge is 2.16. The molecule has 20 heavy (non-hydrogen) atoms. The first-order chi connectivity index (χ1) is 9.83. The van der Waals surface area contributed by atoms with Gasteiger partial charge < -0.3 is 5.32 Å². The predicted molar refractivity (Wildman–Crippen MR) is 78.3 cm³/mol. The van der Waals surface area contributed by atoms with E-state index in [0.29, 0.717) is 17.9 Å². The summed E-state index contributed by atoms with van der Waals surface area (Å²) in [6.07, 6.45) is 2.83. The Labute approximate surface area is 119 Å². The number of nitrogens with zero attached hydrogens (tertiary/aromatic N) is 1. The summed E-state index contributed by atoms with van der Waals surface area (Å²) in [5, 5.41) is 3.37. The number of aromatic nitrogens is 1. The van der Waals surface area contributed by atoms with Crippen molar-refractivity contribution in [1.29, 1.82) is 0 Å². The molecule has 1 N–H and O–H groups in total. The molecule has 3 heteroatoms. The highest BCUT2D eigenvalue weighted by Crippen LogP contribution is 2.24. The van der Waals surface area contributed by atoms with Crippen LogP contribution in [0.15, 0.2) is 42.5 Å². The van der Waals surface area contributed by atoms with Crippen molar-refractivity contribution in [3.63, 3.8) is 0 Å². The lowest BCUT2D eigenvalue weighted by atomic mass is 9.94. The Morgan fingerprint density at radius 2 is 1.85 bits per heavy atom. The van der Waals surface area contributed by atoms with Crippen LogP contribution in [-0.2, 0) is 6.42 Å². The summed E-state index contributed by atoms with van der Waals surface area (Å²) in [6, 6.07) is 13.0. The number of benzene rings is 1. The molecule has 2 aromatic rings. The number of hydrogen-bond donors (Lipinski definition) is 1. The summed E-state index contributed by atoms with van der Waals surface area (Å²) in [4.78, 5) is 4.74. The van der Waals surface area contributed by atoms with Crippen LogP contribution in [0.4, 0.5) is 4.39 Å². The van der Waals surface area contributed by atoms with Crippen LogP contribution in [-0.4, -0.2) is 18.1 Å². The molecule has 0 saturated carbocycles. The smallest absolute Gasteiger partial charge is 0.126 e. The minimum Gasteiger partial charge on any atom is -0.317 e. The quantitative estimate of drug-likeness (QED) is 0.926. The van der Waals surface area contributed by atoms with Gasteiger partial charge in [0.2, 0.25) is 0 Å². The van der Waals surface area contributed by atoms with E-state index in [2.05, 4.69) is 11.4 Å². The van der Waals surface area contributed by atoms with Gasteiger partial charge in [-0.1, -0.05) is 24.3 Å².